The van der Waals surface area contributed by atoms with E-state index in [4.69, 9.17) is 29.8 Å². The predicted molar refractivity (Wildman–Crippen MR) is 43.9 cm³/mol. The fraction of sp³-hybridized carbons (Fsp3) is 0.429. The van der Waals surface area contributed by atoms with E-state index in [2.05, 4.69) is 0 Å². The molecule has 0 fully saturated rings. The van der Waals surface area contributed by atoms with Gasteiger partial charge in [-0.3, -0.25) is 0 Å². The average Bonchev–Trinajstić information content (AvgIpc) is 1.85. The third-order valence-electron chi connectivity index (χ3n) is 1.03. The highest BCUT2D eigenvalue weighted by atomic mass is 35.5. The summed E-state index contributed by atoms with van der Waals surface area (Å²) in [6.07, 6.45) is 3.01. The Hall–Kier alpha value is 0.0200. The van der Waals surface area contributed by atoms with Gasteiger partial charge < -0.3 is 5.11 Å². The molecule has 0 saturated heterocycles. The van der Waals surface area contributed by atoms with Gasteiger partial charge in [-0.25, -0.2) is 0 Å². The van der Waals surface area contributed by atoms with Gasteiger partial charge in [0.25, 0.3) is 0 Å². The van der Waals surface area contributed by atoms with Crippen LogP contribution in [0.4, 0.5) is 0 Å². The van der Waals surface area contributed by atoms with Crippen molar-refractivity contribution in [2.45, 2.75) is 18.9 Å². The van der Waals surface area contributed by atoms with E-state index in [0.717, 1.165) is 0 Å². The normalized spacial score (nSPS) is 15.6. The molecule has 0 aromatic rings. The van der Waals surface area contributed by atoms with Gasteiger partial charge in [-0.1, -0.05) is 41.9 Å². The second-order valence-electron chi connectivity index (χ2n) is 2.22. The van der Waals surface area contributed by atoms with Crippen molar-refractivity contribution in [1.29, 1.82) is 0 Å². The predicted octanol–water partition coefficient (Wildman–Crippen LogP) is 2.44. The second-order valence-corrected chi connectivity index (χ2v) is 3.23. The smallest absolute Gasteiger partial charge is 0.102 e. The zero-order valence-electron chi connectivity index (χ0n) is 5.64. The Morgan fingerprint density at radius 1 is 1.70 bits per heavy atom. The van der Waals surface area contributed by atoms with Gasteiger partial charge in [0.1, 0.15) is 4.49 Å². The average molecular weight is 180 g/mol. The molecular formula is C7H9Cl2O. The third kappa shape index (κ3) is 4.86. The van der Waals surface area contributed by atoms with Gasteiger partial charge in [0.15, 0.2) is 0 Å². The van der Waals surface area contributed by atoms with E-state index >= 15 is 0 Å². The number of aliphatic hydroxyl groups is 1. The molecular weight excluding hydrogens is 171 g/mol. The van der Waals surface area contributed by atoms with Crippen molar-refractivity contribution in [3.63, 3.8) is 0 Å². The van der Waals surface area contributed by atoms with Crippen LogP contribution in [0.25, 0.3) is 0 Å². The summed E-state index contributed by atoms with van der Waals surface area (Å²) in [5, 5.41) is 9.23. The van der Waals surface area contributed by atoms with Crippen molar-refractivity contribution in [2.75, 3.05) is 0 Å². The first kappa shape index (κ1) is 10.0. The van der Waals surface area contributed by atoms with Gasteiger partial charge in [-0.2, -0.15) is 0 Å². The van der Waals surface area contributed by atoms with Crippen LogP contribution in [-0.2, 0) is 0 Å². The zero-order chi connectivity index (χ0) is 8.20. The highest BCUT2D eigenvalue weighted by molar-refractivity contribution is 6.55. The summed E-state index contributed by atoms with van der Waals surface area (Å²) >= 11 is 10.6. The Labute approximate surface area is 71.0 Å². The minimum atomic E-state index is -1.02. The Morgan fingerprint density at radius 2 is 2.20 bits per heavy atom. The number of rotatable bonds is 3. The first-order valence-corrected chi connectivity index (χ1v) is 3.53. The Balaban J connectivity index is 3.90. The summed E-state index contributed by atoms with van der Waals surface area (Å²) in [7, 11) is 0. The zero-order valence-corrected chi connectivity index (χ0v) is 7.15. The van der Waals surface area contributed by atoms with Crippen LogP contribution in [0.5, 0.6) is 0 Å². The van der Waals surface area contributed by atoms with Crippen molar-refractivity contribution in [1.82, 2.24) is 0 Å². The van der Waals surface area contributed by atoms with Crippen LogP contribution in [0.15, 0.2) is 16.6 Å². The standard InChI is InChI=1S/C7H9Cl2O/c1-3-7(2,10)5-4-6(8)9/h1,3-4,10H,5H2,2H3. The van der Waals surface area contributed by atoms with Crippen molar-refractivity contribution in [3.8, 4) is 0 Å². The number of hydrogen-bond donors (Lipinski definition) is 1. The van der Waals surface area contributed by atoms with Crippen LogP contribution >= 0.6 is 23.2 Å². The molecule has 0 heterocycles. The Morgan fingerprint density at radius 3 is 2.50 bits per heavy atom. The lowest BCUT2D eigenvalue weighted by molar-refractivity contribution is 0.115. The van der Waals surface area contributed by atoms with Gasteiger partial charge in [0.2, 0.25) is 0 Å². The van der Waals surface area contributed by atoms with Crippen LogP contribution in [-0.4, -0.2) is 10.7 Å². The van der Waals surface area contributed by atoms with E-state index in [0.29, 0.717) is 6.42 Å². The molecule has 1 nitrogen and oxygen atoms in total. The molecule has 0 aliphatic rings. The van der Waals surface area contributed by atoms with Crippen molar-refractivity contribution < 1.29 is 5.11 Å². The summed E-state index contributed by atoms with van der Waals surface area (Å²) in [5.74, 6) is 0. The van der Waals surface area contributed by atoms with E-state index in [-0.39, 0.29) is 4.49 Å². The maximum absolute atomic E-state index is 9.23. The van der Waals surface area contributed by atoms with Crippen LogP contribution in [0.3, 0.4) is 0 Å². The third-order valence-corrected chi connectivity index (χ3v) is 1.34. The first-order chi connectivity index (χ1) is 4.48. The van der Waals surface area contributed by atoms with Crippen molar-refractivity contribution >= 4 is 23.2 Å². The van der Waals surface area contributed by atoms with Crippen molar-refractivity contribution in [2.24, 2.45) is 0 Å². The van der Waals surface area contributed by atoms with Gasteiger partial charge >= 0.3 is 0 Å². The van der Waals surface area contributed by atoms with E-state index in [1.54, 1.807) is 6.92 Å². The lowest BCUT2D eigenvalue weighted by Crippen LogP contribution is -2.18. The molecule has 0 amide bonds. The minimum absolute atomic E-state index is 0.141. The van der Waals surface area contributed by atoms with Gasteiger partial charge in [-0.15, -0.1) is 0 Å². The molecule has 0 rings (SSSR count). The molecule has 1 radical (unpaired) electrons. The lowest BCUT2D eigenvalue weighted by atomic mass is 10.0. The first-order valence-electron chi connectivity index (χ1n) is 2.77. The minimum Gasteiger partial charge on any atom is -0.386 e. The van der Waals surface area contributed by atoms with E-state index in [9.17, 15) is 5.11 Å². The monoisotopic (exact) mass is 179 g/mol. The molecule has 0 aromatic carbocycles. The molecule has 0 aliphatic carbocycles. The molecule has 1 unspecified atom stereocenters. The highest BCUT2D eigenvalue weighted by Crippen LogP contribution is 2.15. The molecule has 0 saturated carbocycles. The van der Waals surface area contributed by atoms with Gasteiger partial charge in [0, 0.05) is 6.42 Å². The maximum Gasteiger partial charge on any atom is 0.102 e. The topological polar surface area (TPSA) is 20.2 Å². The summed E-state index contributed by atoms with van der Waals surface area (Å²) < 4.78 is 0.141. The number of halogens is 2. The SMILES string of the molecule is [CH]=CC(C)(O)CC=C(Cl)Cl. The molecule has 57 valence electrons. The number of hydrogen-bond acceptors (Lipinski definition) is 1. The summed E-state index contributed by atoms with van der Waals surface area (Å²) in [4.78, 5) is 0. The lowest BCUT2D eigenvalue weighted by Gasteiger charge is -2.14. The summed E-state index contributed by atoms with van der Waals surface area (Å²) in [5.41, 5.74) is -1.02. The van der Waals surface area contributed by atoms with Crippen molar-refractivity contribution in [3.05, 3.63) is 23.2 Å². The molecule has 0 aliphatic heterocycles. The second kappa shape index (κ2) is 4.02. The van der Waals surface area contributed by atoms with Crippen LogP contribution in [0.2, 0.25) is 0 Å². The molecule has 1 N–H and O–H groups in total. The van der Waals surface area contributed by atoms with Gasteiger partial charge in [-0.05, 0) is 6.92 Å². The largest absolute Gasteiger partial charge is 0.386 e. The van der Waals surface area contributed by atoms with Gasteiger partial charge in [0.05, 0.1) is 5.60 Å². The molecule has 0 aromatic heterocycles. The van der Waals surface area contributed by atoms with Crippen LogP contribution in [0.1, 0.15) is 13.3 Å². The van der Waals surface area contributed by atoms with E-state index in [1.807, 2.05) is 0 Å². The molecule has 1 atom stereocenters. The molecule has 10 heavy (non-hydrogen) atoms. The highest BCUT2D eigenvalue weighted by Gasteiger charge is 2.12. The molecule has 0 bridgehead atoms. The maximum atomic E-state index is 9.23. The fourth-order valence-corrected chi connectivity index (χ4v) is 0.506. The fourth-order valence-electron chi connectivity index (χ4n) is 0.352. The molecule has 3 heteroatoms. The Kier molecular flexibility index (Phi) is 4.02. The van der Waals surface area contributed by atoms with E-state index in [1.165, 1.54) is 12.2 Å². The van der Waals surface area contributed by atoms with E-state index < -0.39 is 5.60 Å². The summed E-state index contributed by atoms with van der Waals surface area (Å²) in [6.45, 7) is 6.67. The van der Waals surface area contributed by atoms with Crippen LogP contribution in [0, 0.1) is 6.58 Å². The molecule has 0 spiro atoms. The Bertz CT molecular complexity index is 146. The quantitative estimate of drug-likeness (QED) is 0.707. The summed E-state index contributed by atoms with van der Waals surface area (Å²) in [6, 6.07) is 0. The van der Waals surface area contributed by atoms with Crippen LogP contribution < -0.4 is 0 Å².